The number of ether oxygens (including phenoxy) is 2. The number of methoxy groups -OCH3 is 1. The molecule has 0 bridgehead atoms. The van der Waals surface area contributed by atoms with Gasteiger partial charge in [-0.15, -0.1) is 0 Å². The Balaban J connectivity index is 1.44. The number of para-hydroxylation sites is 1. The normalized spacial score (nSPS) is 20.3. The van der Waals surface area contributed by atoms with Crippen molar-refractivity contribution >= 4 is 29.3 Å². The molecule has 5 rings (SSSR count). The quantitative estimate of drug-likeness (QED) is 0.465. The molecule has 0 unspecified atom stereocenters. The highest BCUT2D eigenvalue weighted by Gasteiger charge is 2.57. The first-order valence-corrected chi connectivity index (χ1v) is 12.2. The van der Waals surface area contributed by atoms with Crippen LogP contribution >= 0.6 is 11.6 Å². The lowest BCUT2D eigenvalue weighted by molar-refractivity contribution is -0.124. The first-order chi connectivity index (χ1) is 16.9. The van der Waals surface area contributed by atoms with Crippen molar-refractivity contribution in [2.75, 3.05) is 18.6 Å². The zero-order valence-corrected chi connectivity index (χ0v) is 20.9. The molecular weight excluding hydrogens is 460 g/mol. The van der Waals surface area contributed by atoms with Crippen LogP contribution in [-0.2, 0) is 16.8 Å². The summed E-state index contributed by atoms with van der Waals surface area (Å²) in [6.07, 6.45) is 4.64. The van der Waals surface area contributed by atoms with Crippen molar-refractivity contribution in [3.63, 3.8) is 0 Å². The summed E-state index contributed by atoms with van der Waals surface area (Å²) >= 11 is 6.26. The maximum atomic E-state index is 12.6. The Morgan fingerprint density at radius 1 is 1.06 bits per heavy atom. The summed E-state index contributed by atoms with van der Waals surface area (Å²) < 4.78 is 11.6. The highest BCUT2D eigenvalue weighted by molar-refractivity contribution is 6.31. The van der Waals surface area contributed by atoms with Gasteiger partial charge in [0.25, 0.3) is 0 Å². The minimum Gasteiger partial charge on any atom is -0.493 e. The molecule has 2 heterocycles. The first kappa shape index (κ1) is 23.3. The second-order valence-electron chi connectivity index (χ2n) is 9.48. The van der Waals surface area contributed by atoms with E-state index in [1.165, 1.54) is 11.3 Å². The predicted molar refractivity (Wildman–Crippen MR) is 140 cm³/mol. The van der Waals surface area contributed by atoms with Gasteiger partial charge in [0.2, 0.25) is 5.91 Å². The van der Waals surface area contributed by atoms with Gasteiger partial charge in [0, 0.05) is 34.7 Å². The Bertz CT molecular complexity index is 1300. The Hall–Kier alpha value is -3.44. The van der Waals surface area contributed by atoms with Crippen LogP contribution in [0.4, 0.5) is 5.69 Å². The van der Waals surface area contributed by atoms with Gasteiger partial charge in [-0.2, -0.15) is 0 Å². The summed E-state index contributed by atoms with van der Waals surface area (Å²) in [5.41, 5.74) is 3.29. The Labute approximate surface area is 211 Å². The molecule has 180 valence electrons. The second-order valence-corrected chi connectivity index (χ2v) is 9.89. The third-order valence-corrected chi connectivity index (χ3v) is 7.55. The smallest absolute Gasteiger partial charge is 0.223 e. The monoisotopic (exact) mass is 488 g/mol. The average Bonchev–Trinajstić information content (AvgIpc) is 3.06. The largest absolute Gasteiger partial charge is 0.493 e. The van der Waals surface area contributed by atoms with Crippen molar-refractivity contribution in [1.29, 1.82) is 0 Å². The number of carbonyl (C=O) groups is 1. The lowest BCUT2D eigenvalue weighted by atomic mass is 9.74. The molecule has 1 atom stereocenters. The van der Waals surface area contributed by atoms with Crippen molar-refractivity contribution in [3.8, 4) is 11.5 Å². The van der Waals surface area contributed by atoms with E-state index in [2.05, 4.69) is 54.4 Å². The molecule has 5 nitrogen and oxygen atoms in total. The van der Waals surface area contributed by atoms with Gasteiger partial charge in [-0.1, -0.05) is 74.0 Å². The van der Waals surface area contributed by atoms with Crippen LogP contribution in [0.15, 0.2) is 72.8 Å². The number of rotatable bonds is 6. The molecule has 3 aromatic rings. The van der Waals surface area contributed by atoms with Crippen molar-refractivity contribution in [1.82, 2.24) is 5.32 Å². The summed E-state index contributed by atoms with van der Waals surface area (Å²) in [7, 11) is 1.63. The summed E-state index contributed by atoms with van der Waals surface area (Å²) in [6, 6.07) is 21.9. The van der Waals surface area contributed by atoms with Crippen LogP contribution in [0, 0.1) is 0 Å². The molecule has 3 aromatic carbocycles. The number of benzene rings is 3. The summed E-state index contributed by atoms with van der Waals surface area (Å²) in [6.45, 7) is 5.40. The van der Waals surface area contributed by atoms with E-state index in [1.54, 1.807) is 7.11 Å². The van der Waals surface area contributed by atoms with Gasteiger partial charge >= 0.3 is 0 Å². The van der Waals surface area contributed by atoms with Gasteiger partial charge in [0.15, 0.2) is 11.5 Å². The van der Waals surface area contributed by atoms with Gasteiger partial charge in [-0.3, -0.25) is 4.79 Å². The van der Waals surface area contributed by atoms with Crippen molar-refractivity contribution < 1.29 is 14.3 Å². The molecule has 6 heteroatoms. The van der Waals surface area contributed by atoms with Gasteiger partial charge in [0.05, 0.1) is 7.11 Å². The van der Waals surface area contributed by atoms with Crippen LogP contribution in [0.2, 0.25) is 5.02 Å². The number of fused-ring (bicyclic) bond motifs is 3. The number of halogens is 1. The number of nitrogens with one attached hydrogen (secondary N) is 1. The van der Waals surface area contributed by atoms with Crippen LogP contribution in [0.5, 0.6) is 11.5 Å². The molecule has 0 aliphatic carbocycles. The molecule has 1 saturated heterocycles. The average molecular weight is 489 g/mol. The van der Waals surface area contributed by atoms with E-state index in [1.807, 2.05) is 48.5 Å². The fourth-order valence-electron chi connectivity index (χ4n) is 5.21. The van der Waals surface area contributed by atoms with E-state index in [4.69, 9.17) is 21.1 Å². The molecule has 1 fully saturated rings. The van der Waals surface area contributed by atoms with Crippen LogP contribution in [0.25, 0.3) is 6.08 Å². The molecule has 0 spiro atoms. The maximum absolute atomic E-state index is 12.6. The van der Waals surface area contributed by atoms with Gasteiger partial charge in [-0.25, -0.2) is 0 Å². The highest BCUT2D eigenvalue weighted by atomic mass is 35.5. The number of amides is 1. The fourth-order valence-corrected chi connectivity index (χ4v) is 5.40. The highest BCUT2D eigenvalue weighted by Crippen LogP contribution is 2.52. The van der Waals surface area contributed by atoms with E-state index in [0.29, 0.717) is 36.1 Å². The van der Waals surface area contributed by atoms with E-state index >= 15 is 0 Å². The zero-order valence-electron chi connectivity index (χ0n) is 20.2. The summed E-state index contributed by atoms with van der Waals surface area (Å²) in [4.78, 5) is 14.9. The predicted octanol–water partition coefficient (Wildman–Crippen LogP) is 5.95. The van der Waals surface area contributed by atoms with Crippen molar-refractivity contribution in [2.24, 2.45) is 0 Å². The fraction of sp³-hybridized carbons (Fsp3) is 0.276. The number of hydrogen-bond donors (Lipinski definition) is 1. The van der Waals surface area contributed by atoms with Gasteiger partial charge < -0.3 is 19.7 Å². The second kappa shape index (κ2) is 8.97. The standard InChI is InChI=1S/C29H29ClN2O3/c1-28(2)22-9-5-7-11-24(22)32-17-15-27(33)31-29(28,32)16-14-20-12-13-25(26(18-20)34-3)35-19-21-8-4-6-10-23(21)30/h4-14,16,18H,15,17,19H2,1-3H3,(H,31,33)/b16-14+/t29-/m0/s1. The molecule has 2 aliphatic heterocycles. The van der Waals surface area contributed by atoms with Crippen LogP contribution in [-0.4, -0.2) is 25.2 Å². The molecule has 0 saturated carbocycles. The summed E-state index contributed by atoms with van der Waals surface area (Å²) in [5.74, 6) is 1.34. The number of hydrogen-bond acceptors (Lipinski definition) is 4. The molecule has 1 amide bonds. The molecule has 0 radical (unpaired) electrons. The third kappa shape index (κ3) is 3.94. The molecular formula is C29H29ClN2O3. The maximum Gasteiger partial charge on any atom is 0.223 e. The Kier molecular flexibility index (Phi) is 5.97. The third-order valence-electron chi connectivity index (χ3n) is 7.18. The number of carbonyl (C=O) groups excluding carboxylic acids is 1. The van der Waals surface area contributed by atoms with E-state index in [-0.39, 0.29) is 11.3 Å². The molecule has 0 aromatic heterocycles. The van der Waals surface area contributed by atoms with Crippen molar-refractivity contribution in [2.45, 2.75) is 38.0 Å². The molecule has 1 N–H and O–H groups in total. The van der Waals surface area contributed by atoms with Crippen LogP contribution in [0.3, 0.4) is 0 Å². The van der Waals surface area contributed by atoms with E-state index < -0.39 is 5.66 Å². The van der Waals surface area contributed by atoms with Gasteiger partial charge in [-0.05, 0) is 41.5 Å². The first-order valence-electron chi connectivity index (χ1n) is 11.8. The Morgan fingerprint density at radius 2 is 1.83 bits per heavy atom. The zero-order chi connectivity index (χ0) is 24.6. The van der Waals surface area contributed by atoms with Crippen LogP contribution in [0.1, 0.15) is 37.0 Å². The minimum atomic E-state index is -0.654. The lowest BCUT2D eigenvalue weighted by Gasteiger charge is -2.49. The topological polar surface area (TPSA) is 50.8 Å². The summed E-state index contributed by atoms with van der Waals surface area (Å²) in [5, 5.41) is 3.99. The van der Waals surface area contributed by atoms with Crippen LogP contribution < -0.4 is 19.7 Å². The molecule has 2 aliphatic rings. The van der Waals surface area contributed by atoms with E-state index in [9.17, 15) is 4.79 Å². The van der Waals surface area contributed by atoms with Crippen molar-refractivity contribution in [3.05, 3.63) is 94.5 Å². The SMILES string of the molecule is COc1cc(/C=C/[C@]23NC(=O)CCN2c2ccccc2C3(C)C)ccc1OCc1ccccc1Cl. The van der Waals surface area contributed by atoms with E-state index in [0.717, 1.165) is 11.1 Å². The lowest BCUT2D eigenvalue weighted by Crippen LogP contribution is -2.68. The van der Waals surface area contributed by atoms with Gasteiger partial charge in [0.1, 0.15) is 12.3 Å². The Morgan fingerprint density at radius 3 is 2.63 bits per heavy atom. The molecule has 35 heavy (non-hydrogen) atoms. The number of anilines is 1. The minimum absolute atomic E-state index is 0.0627. The number of nitrogens with zero attached hydrogens (tertiary/aromatic N) is 1.